The molecule has 270 valence electrons. The van der Waals surface area contributed by atoms with Crippen molar-refractivity contribution in [3.63, 3.8) is 0 Å². The van der Waals surface area contributed by atoms with Gasteiger partial charge in [0.05, 0.1) is 10.7 Å². The quantitative estimate of drug-likeness (QED) is 0.128. The van der Waals surface area contributed by atoms with Crippen molar-refractivity contribution >= 4 is 53.2 Å². The second kappa shape index (κ2) is 15.1. The summed E-state index contributed by atoms with van der Waals surface area (Å²) in [5.41, 5.74) is 6.65. The number of hydrogen-bond acceptors (Lipinski definition) is 13. The maximum absolute atomic E-state index is 14.2. The van der Waals surface area contributed by atoms with E-state index in [0.717, 1.165) is 11.8 Å². The van der Waals surface area contributed by atoms with Crippen LogP contribution in [0.3, 0.4) is 0 Å². The van der Waals surface area contributed by atoms with E-state index in [2.05, 4.69) is 26.6 Å². The molecule has 50 heavy (non-hydrogen) atoms. The van der Waals surface area contributed by atoms with Crippen LogP contribution in [0.25, 0.3) is 0 Å². The van der Waals surface area contributed by atoms with Gasteiger partial charge in [-0.1, -0.05) is 24.3 Å². The lowest BCUT2D eigenvalue weighted by Gasteiger charge is -2.30. The number of nitrogens with one attached hydrogen (secondary N) is 4. The van der Waals surface area contributed by atoms with Crippen molar-refractivity contribution in [3.8, 4) is 11.5 Å². The maximum atomic E-state index is 14.2. The highest BCUT2D eigenvalue weighted by Crippen LogP contribution is 2.46. The normalized spacial score (nSPS) is 24.0. The molecular weight excluding hydrogens is 695 g/mol. The second-order valence-electron chi connectivity index (χ2n) is 12.8. The standard InChI is InChI=1S/C31H39N7O10S2/c1-30(2)22(28(44)45)34-18(49-30)13-33-25(42)20(15-7-11-17(40)12-8-15)35-26(43)21(27-38(37-48)23(29(46)47)31(3,4)50-27)36-24(41)19(32)14-5-9-16(39)10-6-14/h5-12,18-23,27,34,39-40H,13,32H2,1-4H3,(H,33,42)(H,35,43)(H,36,41)(H,44,45)(H,46,47)/t18?,19-,20-,21-,22+,23+,27?/m1/s1. The zero-order valence-electron chi connectivity index (χ0n) is 27.4. The van der Waals surface area contributed by atoms with Crippen LogP contribution in [0.4, 0.5) is 0 Å². The molecule has 2 aromatic carbocycles. The van der Waals surface area contributed by atoms with Crippen LogP contribution in [-0.4, -0.2) is 100 Å². The van der Waals surface area contributed by atoms with Gasteiger partial charge in [-0.15, -0.1) is 28.4 Å². The Kier molecular flexibility index (Phi) is 11.6. The molecule has 2 fully saturated rings. The summed E-state index contributed by atoms with van der Waals surface area (Å²) in [5, 5.41) is 51.5. The highest BCUT2D eigenvalue weighted by molar-refractivity contribution is 8.01. The van der Waals surface area contributed by atoms with Gasteiger partial charge in [-0.25, -0.2) is 9.80 Å². The number of amides is 3. The smallest absolute Gasteiger partial charge is 0.329 e. The van der Waals surface area contributed by atoms with Gasteiger partial charge < -0.3 is 42.1 Å². The number of phenols is 2. The van der Waals surface area contributed by atoms with Gasteiger partial charge in [0.25, 0.3) is 0 Å². The van der Waals surface area contributed by atoms with Crippen LogP contribution in [0.5, 0.6) is 11.5 Å². The summed E-state index contributed by atoms with van der Waals surface area (Å²) in [6.45, 7) is 6.53. The molecular formula is C31H39N7O10S2. The third-order valence-corrected chi connectivity index (χ3v) is 11.3. The van der Waals surface area contributed by atoms with E-state index in [1.807, 2.05) is 0 Å². The van der Waals surface area contributed by atoms with E-state index in [1.165, 1.54) is 74.1 Å². The molecule has 0 spiro atoms. The van der Waals surface area contributed by atoms with Gasteiger partial charge in [-0.3, -0.25) is 24.5 Å². The minimum Gasteiger partial charge on any atom is -0.508 e. The first-order chi connectivity index (χ1) is 23.4. The Morgan fingerprint density at radius 1 is 0.840 bits per heavy atom. The van der Waals surface area contributed by atoms with Crippen molar-refractivity contribution in [1.29, 1.82) is 0 Å². The summed E-state index contributed by atoms with van der Waals surface area (Å²) >= 11 is 2.20. The number of benzene rings is 2. The number of thioether (sulfide) groups is 2. The summed E-state index contributed by atoms with van der Waals surface area (Å²) in [6, 6.07) is 3.83. The lowest BCUT2D eigenvalue weighted by atomic mass is 10.0. The van der Waals surface area contributed by atoms with E-state index in [-0.39, 0.29) is 29.2 Å². The number of nitrogens with zero attached hydrogens (tertiary/aromatic N) is 2. The predicted octanol–water partition coefficient (Wildman–Crippen LogP) is 0.739. The van der Waals surface area contributed by atoms with Crippen molar-refractivity contribution in [2.75, 3.05) is 6.54 Å². The molecule has 10 N–H and O–H groups in total. The Labute approximate surface area is 295 Å². The number of aliphatic carboxylic acids is 2. The molecule has 19 heteroatoms. The maximum Gasteiger partial charge on any atom is 0.329 e. The minimum absolute atomic E-state index is 0.0430. The molecule has 17 nitrogen and oxygen atoms in total. The van der Waals surface area contributed by atoms with Gasteiger partial charge in [0.15, 0.2) is 6.04 Å². The van der Waals surface area contributed by atoms with E-state index in [0.29, 0.717) is 5.01 Å². The number of carbonyl (C=O) groups excluding carboxylic acids is 3. The van der Waals surface area contributed by atoms with Gasteiger partial charge in [0, 0.05) is 16.0 Å². The number of nitrogens with two attached hydrogens (primary N) is 1. The molecule has 2 aromatic rings. The van der Waals surface area contributed by atoms with E-state index in [9.17, 15) is 49.3 Å². The SMILES string of the molecule is CC1(C)SC([C@H](NC(=O)[C@H](N)c2ccc(O)cc2)C(=O)N[C@@H](C(=O)NCC2N[C@@H](C(=O)O)C(C)(C)S2)c2ccc(O)cc2)N(N=O)[C@H]1C(=O)O. The molecule has 3 amide bonds. The molecule has 7 atom stereocenters. The number of carboxylic acid groups (broad SMARTS) is 2. The molecule has 0 radical (unpaired) electrons. The topological polar surface area (TPSA) is 273 Å². The first kappa shape index (κ1) is 38.2. The third-order valence-electron chi connectivity index (χ3n) is 8.31. The molecule has 2 heterocycles. The molecule has 0 bridgehead atoms. The van der Waals surface area contributed by atoms with Gasteiger partial charge in [-0.05, 0) is 63.1 Å². The van der Waals surface area contributed by atoms with Crippen LogP contribution in [0, 0.1) is 4.91 Å². The summed E-state index contributed by atoms with van der Waals surface area (Å²) in [4.78, 5) is 77.5. The number of carboxylic acids is 2. The Hall–Kier alpha value is -4.59. The monoisotopic (exact) mass is 733 g/mol. The predicted molar refractivity (Wildman–Crippen MR) is 183 cm³/mol. The number of nitroso groups, excluding NO2 is 1. The van der Waals surface area contributed by atoms with E-state index in [4.69, 9.17) is 5.73 Å². The highest BCUT2D eigenvalue weighted by Gasteiger charge is 2.56. The van der Waals surface area contributed by atoms with Gasteiger partial charge in [-0.2, -0.15) is 0 Å². The molecule has 2 aliphatic heterocycles. The van der Waals surface area contributed by atoms with Gasteiger partial charge in [0.2, 0.25) is 17.7 Å². The van der Waals surface area contributed by atoms with Crippen LogP contribution in [-0.2, 0) is 24.0 Å². The van der Waals surface area contributed by atoms with Crippen molar-refractivity contribution in [2.45, 2.75) is 78.1 Å². The summed E-state index contributed by atoms with van der Waals surface area (Å²) < 4.78 is -1.88. The van der Waals surface area contributed by atoms with Gasteiger partial charge in [0.1, 0.15) is 41.0 Å². The fourth-order valence-corrected chi connectivity index (χ4v) is 8.75. The Morgan fingerprint density at radius 3 is 1.90 bits per heavy atom. The summed E-state index contributed by atoms with van der Waals surface area (Å²) in [7, 11) is 0. The number of rotatable bonds is 13. The Bertz CT molecular complexity index is 1630. The zero-order valence-corrected chi connectivity index (χ0v) is 29.0. The van der Waals surface area contributed by atoms with Crippen LogP contribution >= 0.6 is 23.5 Å². The lowest BCUT2D eigenvalue weighted by Crippen LogP contribution is -2.59. The van der Waals surface area contributed by atoms with Crippen molar-refractivity contribution in [3.05, 3.63) is 64.6 Å². The van der Waals surface area contributed by atoms with E-state index >= 15 is 0 Å². The van der Waals surface area contributed by atoms with Crippen LogP contribution in [0.2, 0.25) is 0 Å². The Morgan fingerprint density at radius 2 is 1.40 bits per heavy atom. The third kappa shape index (κ3) is 8.40. The first-order valence-electron chi connectivity index (χ1n) is 15.3. The molecule has 2 unspecified atom stereocenters. The summed E-state index contributed by atoms with van der Waals surface area (Å²) in [5.74, 6) is -5.30. The van der Waals surface area contributed by atoms with Crippen molar-refractivity contribution in [1.82, 2.24) is 26.3 Å². The number of carbonyl (C=O) groups is 5. The van der Waals surface area contributed by atoms with Crippen molar-refractivity contribution in [2.24, 2.45) is 11.0 Å². The van der Waals surface area contributed by atoms with Crippen LogP contribution < -0.4 is 27.0 Å². The molecule has 0 aromatic heterocycles. The van der Waals surface area contributed by atoms with E-state index in [1.54, 1.807) is 13.8 Å². The van der Waals surface area contributed by atoms with Crippen LogP contribution in [0.1, 0.15) is 50.9 Å². The number of aromatic hydroxyl groups is 2. The zero-order chi connectivity index (χ0) is 37.1. The average molecular weight is 734 g/mol. The van der Waals surface area contributed by atoms with Crippen molar-refractivity contribution < 1.29 is 44.4 Å². The summed E-state index contributed by atoms with van der Waals surface area (Å²) in [6.07, 6.45) is 0. The molecule has 0 aliphatic carbocycles. The molecule has 2 saturated heterocycles. The fraction of sp³-hybridized carbons (Fsp3) is 0.452. The highest BCUT2D eigenvalue weighted by atomic mass is 32.2. The molecule has 4 rings (SSSR count). The first-order valence-corrected chi connectivity index (χ1v) is 17.0. The Balaban J connectivity index is 1.65. The minimum atomic E-state index is -1.70. The number of hydrogen-bond donors (Lipinski definition) is 9. The molecule has 0 saturated carbocycles. The lowest BCUT2D eigenvalue weighted by molar-refractivity contribution is -0.145. The van der Waals surface area contributed by atoms with Crippen LogP contribution in [0.15, 0.2) is 53.8 Å². The largest absolute Gasteiger partial charge is 0.508 e. The second-order valence-corrected chi connectivity index (χ2v) is 16.4. The fourth-order valence-electron chi connectivity index (χ4n) is 5.78. The average Bonchev–Trinajstić information content (AvgIpc) is 3.52. The molecule has 2 aliphatic rings. The number of phenolic OH excluding ortho intramolecular Hbond substituents is 2. The van der Waals surface area contributed by atoms with E-state index < -0.39 is 80.1 Å². The van der Waals surface area contributed by atoms with Gasteiger partial charge >= 0.3 is 11.9 Å².